The van der Waals surface area contributed by atoms with Crippen molar-refractivity contribution in [3.05, 3.63) is 76.7 Å². The Balaban J connectivity index is 1.89. The van der Waals surface area contributed by atoms with Gasteiger partial charge in [-0.2, -0.15) is 0 Å². The third kappa shape index (κ3) is 2.86. The summed E-state index contributed by atoms with van der Waals surface area (Å²) in [4.78, 5) is 26.4. The summed E-state index contributed by atoms with van der Waals surface area (Å²) in [5.74, 6) is -0.757. The van der Waals surface area contributed by atoms with Crippen molar-refractivity contribution in [2.75, 3.05) is 0 Å². The van der Waals surface area contributed by atoms with Gasteiger partial charge in [0.25, 0.3) is 11.8 Å². The quantitative estimate of drug-likeness (QED) is 0.479. The molecule has 1 saturated heterocycles. The third-order valence-corrected chi connectivity index (χ3v) is 4.42. The molecule has 0 saturated carbocycles. The molecule has 0 aromatic heterocycles. The lowest BCUT2D eigenvalue weighted by Crippen LogP contribution is -2.34. The number of nitrogens with zero attached hydrogens (tertiary/aromatic N) is 1. The van der Waals surface area contributed by atoms with Crippen LogP contribution in [0.1, 0.15) is 15.9 Å². The van der Waals surface area contributed by atoms with E-state index in [0.717, 1.165) is 22.2 Å². The molecule has 0 bridgehead atoms. The van der Waals surface area contributed by atoms with Crippen LogP contribution in [0.2, 0.25) is 0 Å². The fraction of sp³-hybridized carbons (Fsp3) is 0. The van der Waals surface area contributed by atoms with Crippen molar-refractivity contribution in [2.45, 2.75) is 0 Å². The Kier molecular flexibility index (Phi) is 4.18. The van der Waals surface area contributed by atoms with Gasteiger partial charge >= 0.3 is 0 Å². The average Bonchev–Trinajstić information content (AvgIpc) is 2.82. The molecule has 3 nitrogen and oxygen atoms in total. The van der Waals surface area contributed by atoms with Gasteiger partial charge in [-0.25, -0.2) is 4.90 Å². The second-order valence-corrected chi connectivity index (χ2v) is 6.27. The van der Waals surface area contributed by atoms with Crippen LogP contribution in [0.3, 0.4) is 0 Å². The van der Waals surface area contributed by atoms with E-state index in [0.29, 0.717) is 10.5 Å². The molecule has 0 aliphatic carbocycles. The molecule has 2 amide bonds. The summed E-state index contributed by atoms with van der Waals surface area (Å²) in [6.07, 6.45) is 1.75. The van der Waals surface area contributed by atoms with E-state index >= 15 is 0 Å². The number of thioether (sulfide) groups is 1. The molecular formula is C17H11NO2S2. The van der Waals surface area contributed by atoms with Gasteiger partial charge in [0.1, 0.15) is 0 Å². The predicted molar refractivity (Wildman–Crippen MR) is 92.2 cm³/mol. The Morgan fingerprint density at radius 2 is 1.59 bits per heavy atom. The predicted octanol–water partition coefficient (Wildman–Crippen LogP) is 3.73. The molecule has 1 heterocycles. The molecule has 2 aromatic carbocycles. The number of imide groups is 1. The average molecular weight is 325 g/mol. The number of benzene rings is 2. The van der Waals surface area contributed by atoms with Crippen LogP contribution in [0.4, 0.5) is 0 Å². The monoisotopic (exact) mass is 325 g/mol. The molecule has 3 rings (SSSR count). The van der Waals surface area contributed by atoms with Gasteiger partial charge in [0.15, 0.2) is 4.32 Å². The minimum Gasteiger partial charge on any atom is -0.268 e. The fourth-order valence-electron chi connectivity index (χ4n) is 2.05. The molecule has 22 heavy (non-hydrogen) atoms. The van der Waals surface area contributed by atoms with Gasteiger partial charge in [-0.3, -0.25) is 9.59 Å². The van der Waals surface area contributed by atoms with E-state index < -0.39 is 0 Å². The normalized spacial score (nSPS) is 16.4. The molecule has 5 heteroatoms. The molecule has 1 fully saturated rings. The first-order valence-electron chi connectivity index (χ1n) is 6.59. The summed E-state index contributed by atoms with van der Waals surface area (Å²) < 4.78 is 0.265. The molecule has 0 atom stereocenters. The molecule has 0 spiro atoms. The second-order valence-electron chi connectivity index (χ2n) is 4.60. The van der Waals surface area contributed by atoms with Crippen molar-refractivity contribution < 1.29 is 9.59 Å². The van der Waals surface area contributed by atoms with Gasteiger partial charge < -0.3 is 0 Å². The molecule has 108 valence electrons. The summed E-state index contributed by atoms with van der Waals surface area (Å²) in [5.41, 5.74) is 1.34. The van der Waals surface area contributed by atoms with Crippen molar-refractivity contribution in [1.29, 1.82) is 0 Å². The summed E-state index contributed by atoms with van der Waals surface area (Å²) in [5, 5.41) is 0. The van der Waals surface area contributed by atoms with Crippen LogP contribution in [0.5, 0.6) is 0 Å². The standard InChI is InChI=1S/C17H11NO2S2/c19-15(13-9-5-2-6-10-13)18-16(20)14(22-17(18)21)11-12-7-3-1-4-8-12/h1-11H/b14-11+. The molecule has 2 aromatic rings. The molecule has 0 radical (unpaired) electrons. The van der Waals surface area contributed by atoms with E-state index in [1.165, 1.54) is 0 Å². The summed E-state index contributed by atoms with van der Waals surface area (Å²) >= 11 is 6.34. The first-order valence-corrected chi connectivity index (χ1v) is 7.81. The van der Waals surface area contributed by atoms with Crippen LogP contribution >= 0.6 is 24.0 Å². The zero-order valence-electron chi connectivity index (χ0n) is 11.4. The maximum Gasteiger partial charge on any atom is 0.273 e. The third-order valence-electron chi connectivity index (χ3n) is 3.11. The van der Waals surface area contributed by atoms with Crippen molar-refractivity contribution >= 4 is 46.2 Å². The number of carbonyl (C=O) groups excluding carboxylic acids is 2. The Morgan fingerprint density at radius 3 is 2.23 bits per heavy atom. The van der Waals surface area contributed by atoms with Gasteiger partial charge in [0.05, 0.1) is 4.91 Å². The van der Waals surface area contributed by atoms with Crippen LogP contribution in [-0.4, -0.2) is 21.0 Å². The number of amides is 2. The highest BCUT2D eigenvalue weighted by Gasteiger charge is 2.37. The maximum absolute atomic E-state index is 12.5. The van der Waals surface area contributed by atoms with Gasteiger partial charge in [-0.1, -0.05) is 72.5 Å². The zero-order chi connectivity index (χ0) is 15.5. The largest absolute Gasteiger partial charge is 0.273 e. The van der Waals surface area contributed by atoms with Crippen LogP contribution in [-0.2, 0) is 4.79 Å². The first kappa shape index (κ1) is 14.7. The Bertz CT molecular complexity index is 770. The van der Waals surface area contributed by atoms with Gasteiger partial charge in [0, 0.05) is 5.56 Å². The van der Waals surface area contributed by atoms with Gasteiger partial charge in [0.2, 0.25) is 0 Å². The van der Waals surface area contributed by atoms with E-state index in [1.807, 2.05) is 36.4 Å². The number of rotatable bonds is 2. The zero-order valence-corrected chi connectivity index (χ0v) is 13.1. The molecule has 0 N–H and O–H groups in total. The van der Waals surface area contributed by atoms with E-state index in [9.17, 15) is 9.59 Å². The topological polar surface area (TPSA) is 37.4 Å². The lowest BCUT2D eigenvalue weighted by molar-refractivity contribution is -0.120. The first-order chi connectivity index (χ1) is 10.7. The lowest BCUT2D eigenvalue weighted by atomic mass is 10.2. The van der Waals surface area contributed by atoms with Crippen molar-refractivity contribution in [3.8, 4) is 0 Å². The highest BCUT2D eigenvalue weighted by molar-refractivity contribution is 8.26. The minimum absolute atomic E-state index is 0.265. The molecule has 0 unspecified atom stereocenters. The van der Waals surface area contributed by atoms with E-state index in [4.69, 9.17) is 12.2 Å². The maximum atomic E-state index is 12.5. The van der Waals surface area contributed by atoms with E-state index in [1.54, 1.807) is 30.3 Å². The van der Waals surface area contributed by atoms with Crippen molar-refractivity contribution in [2.24, 2.45) is 0 Å². The molecular weight excluding hydrogens is 314 g/mol. The van der Waals surface area contributed by atoms with Crippen LogP contribution in [0.15, 0.2) is 65.6 Å². The van der Waals surface area contributed by atoms with Crippen LogP contribution in [0.25, 0.3) is 6.08 Å². The molecule has 1 aliphatic rings. The lowest BCUT2D eigenvalue weighted by Gasteiger charge is -2.12. The highest BCUT2D eigenvalue weighted by atomic mass is 32.2. The van der Waals surface area contributed by atoms with Crippen molar-refractivity contribution in [1.82, 2.24) is 4.90 Å². The van der Waals surface area contributed by atoms with Crippen LogP contribution in [0, 0.1) is 0 Å². The number of hydrogen-bond donors (Lipinski definition) is 0. The Morgan fingerprint density at radius 1 is 1.00 bits per heavy atom. The summed E-state index contributed by atoms with van der Waals surface area (Å²) in [7, 11) is 0. The fourth-order valence-corrected chi connectivity index (χ4v) is 3.31. The number of carbonyl (C=O) groups is 2. The minimum atomic E-state index is -0.389. The Hall–Kier alpha value is -2.24. The van der Waals surface area contributed by atoms with E-state index in [-0.39, 0.29) is 16.1 Å². The number of hydrogen-bond acceptors (Lipinski definition) is 4. The van der Waals surface area contributed by atoms with Gasteiger partial charge in [-0.05, 0) is 23.8 Å². The van der Waals surface area contributed by atoms with Gasteiger partial charge in [-0.15, -0.1) is 0 Å². The smallest absolute Gasteiger partial charge is 0.268 e. The molecule has 1 aliphatic heterocycles. The second kappa shape index (κ2) is 6.25. The van der Waals surface area contributed by atoms with Crippen molar-refractivity contribution in [3.63, 3.8) is 0 Å². The Labute approximate surface area is 137 Å². The summed E-state index contributed by atoms with van der Waals surface area (Å²) in [6, 6.07) is 18.1. The highest BCUT2D eigenvalue weighted by Crippen LogP contribution is 2.33. The van der Waals surface area contributed by atoms with E-state index in [2.05, 4.69) is 0 Å². The SMILES string of the molecule is O=C1/C(=C\c2ccccc2)SC(=S)N1C(=O)c1ccccc1. The number of thiocarbonyl (C=S) groups is 1. The summed E-state index contributed by atoms with van der Waals surface area (Å²) in [6.45, 7) is 0. The van der Waals surface area contributed by atoms with Crippen LogP contribution < -0.4 is 0 Å².